The lowest BCUT2D eigenvalue weighted by atomic mass is 10.1. The zero-order valence-electron chi connectivity index (χ0n) is 12.6. The molecule has 24 heavy (non-hydrogen) atoms. The van der Waals surface area contributed by atoms with Gasteiger partial charge >= 0.3 is 0 Å². The fourth-order valence-corrected chi connectivity index (χ4v) is 3.16. The molecule has 0 saturated heterocycles. The highest BCUT2D eigenvalue weighted by atomic mass is 35.5. The van der Waals surface area contributed by atoms with Gasteiger partial charge in [0.25, 0.3) is 11.5 Å². The molecular formula is C18H14ClN3O2. The van der Waals surface area contributed by atoms with Crippen molar-refractivity contribution in [3.63, 3.8) is 0 Å². The highest BCUT2D eigenvalue weighted by molar-refractivity contribution is 6.31. The Kier molecular flexibility index (Phi) is 3.50. The molecule has 1 aliphatic heterocycles. The van der Waals surface area contributed by atoms with Crippen LogP contribution in [0.2, 0.25) is 5.02 Å². The molecule has 1 amide bonds. The van der Waals surface area contributed by atoms with Crippen LogP contribution in [0.15, 0.2) is 53.3 Å². The Morgan fingerprint density at radius 1 is 1.04 bits per heavy atom. The number of hydrogen-bond donors (Lipinski definition) is 3. The molecule has 1 atom stereocenters. The third kappa shape index (κ3) is 2.53. The van der Waals surface area contributed by atoms with Gasteiger partial charge in [0.15, 0.2) is 0 Å². The summed E-state index contributed by atoms with van der Waals surface area (Å²) >= 11 is 6.04. The van der Waals surface area contributed by atoms with Crippen molar-refractivity contribution >= 4 is 34.1 Å². The van der Waals surface area contributed by atoms with Crippen LogP contribution in [0.3, 0.4) is 0 Å². The Balaban J connectivity index is 1.81. The number of rotatable bonds is 1. The number of pyridine rings is 1. The zero-order chi connectivity index (χ0) is 16.7. The fourth-order valence-electron chi connectivity index (χ4n) is 2.98. The summed E-state index contributed by atoms with van der Waals surface area (Å²) in [5.74, 6) is -0.152. The first-order valence-electron chi connectivity index (χ1n) is 7.58. The lowest BCUT2D eigenvalue weighted by Gasteiger charge is -2.17. The molecule has 2 heterocycles. The minimum Gasteiger partial charge on any atom is -0.376 e. The van der Waals surface area contributed by atoms with Crippen LogP contribution >= 0.6 is 11.6 Å². The summed E-state index contributed by atoms with van der Waals surface area (Å²) in [6.07, 6.45) is 0. The summed E-state index contributed by atoms with van der Waals surface area (Å²) in [7, 11) is 0. The van der Waals surface area contributed by atoms with Crippen LogP contribution in [0.1, 0.15) is 22.0 Å². The second-order valence-electron chi connectivity index (χ2n) is 5.74. The van der Waals surface area contributed by atoms with Gasteiger partial charge in [-0.1, -0.05) is 23.7 Å². The van der Waals surface area contributed by atoms with Gasteiger partial charge in [-0.15, -0.1) is 0 Å². The van der Waals surface area contributed by atoms with Crippen LogP contribution in [0.25, 0.3) is 10.9 Å². The lowest BCUT2D eigenvalue weighted by Crippen LogP contribution is -2.30. The molecule has 2 aromatic carbocycles. The van der Waals surface area contributed by atoms with E-state index in [2.05, 4.69) is 15.6 Å². The topological polar surface area (TPSA) is 74.0 Å². The van der Waals surface area contributed by atoms with Gasteiger partial charge < -0.3 is 15.6 Å². The number of anilines is 1. The van der Waals surface area contributed by atoms with E-state index in [1.165, 1.54) is 0 Å². The van der Waals surface area contributed by atoms with Crippen LogP contribution in [0.4, 0.5) is 5.69 Å². The van der Waals surface area contributed by atoms with Crippen LogP contribution in [0.5, 0.6) is 0 Å². The average Bonchev–Trinajstić information content (AvgIpc) is 2.74. The first-order valence-corrected chi connectivity index (χ1v) is 7.96. The van der Waals surface area contributed by atoms with E-state index in [9.17, 15) is 9.59 Å². The summed E-state index contributed by atoms with van der Waals surface area (Å²) in [4.78, 5) is 27.5. The van der Waals surface area contributed by atoms with E-state index < -0.39 is 0 Å². The standard InChI is InChI=1S/C18H14ClN3O2/c19-11-5-6-14-10(7-11)8-13(18(24)22-14)16-9-20-17(23)12-3-1-2-4-15(12)21-16/h1-8,16,21H,9H2,(H,20,23)(H,22,24). The molecule has 1 aliphatic rings. The highest BCUT2D eigenvalue weighted by Crippen LogP contribution is 2.25. The second kappa shape index (κ2) is 5.69. The normalized spacial score (nSPS) is 16.9. The van der Waals surface area contributed by atoms with E-state index in [0.29, 0.717) is 28.4 Å². The highest BCUT2D eigenvalue weighted by Gasteiger charge is 2.23. The molecule has 0 bridgehead atoms. The minimum atomic E-state index is -0.329. The molecule has 0 fully saturated rings. The molecular weight excluding hydrogens is 326 g/mol. The number of aromatic amines is 1. The summed E-state index contributed by atoms with van der Waals surface area (Å²) in [6.45, 7) is 0.322. The number of hydrogen-bond acceptors (Lipinski definition) is 3. The zero-order valence-corrected chi connectivity index (χ0v) is 13.4. The van der Waals surface area contributed by atoms with Crippen molar-refractivity contribution in [2.24, 2.45) is 0 Å². The van der Waals surface area contributed by atoms with Gasteiger partial charge in [0.1, 0.15) is 0 Å². The number of benzene rings is 2. The Morgan fingerprint density at radius 2 is 1.88 bits per heavy atom. The first-order chi connectivity index (χ1) is 11.6. The van der Waals surface area contributed by atoms with Gasteiger partial charge in [0.05, 0.1) is 11.6 Å². The van der Waals surface area contributed by atoms with E-state index in [4.69, 9.17) is 11.6 Å². The third-order valence-corrected chi connectivity index (χ3v) is 4.41. The van der Waals surface area contributed by atoms with E-state index >= 15 is 0 Å². The van der Waals surface area contributed by atoms with Gasteiger partial charge in [-0.2, -0.15) is 0 Å². The van der Waals surface area contributed by atoms with Crippen LogP contribution in [0, 0.1) is 0 Å². The third-order valence-electron chi connectivity index (χ3n) is 4.18. The molecule has 0 spiro atoms. The first kappa shape index (κ1) is 14.8. The number of para-hydroxylation sites is 1. The Hall–Kier alpha value is -2.79. The lowest BCUT2D eigenvalue weighted by molar-refractivity contribution is 0.0955. The SMILES string of the molecule is O=C1NCC(c2cc3cc(Cl)ccc3[nH]c2=O)Nc2ccccc21. The predicted molar refractivity (Wildman–Crippen MR) is 94.7 cm³/mol. The number of fused-ring (bicyclic) bond motifs is 2. The summed E-state index contributed by atoms with van der Waals surface area (Å²) in [5.41, 5.74) is 2.38. The number of amides is 1. The van der Waals surface area contributed by atoms with Gasteiger partial charge in [-0.05, 0) is 36.4 Å². The number of aromatic nitrogens is 1. The monoisotopic (exact) mass is 339 g/mol. The van der Waals surface area contributed by atoms with E-state index in [0.717, 1.165) is 10.9 Å². The maximum atomic E-state index is 12.5. The molecule has 1 aromatic heterocycles. The number of nitrogens with one attached hydrogen (secondary N) is 3. The van der Waals surface area contributed by atoms with Gasteiger partial charge in [0.2, 0.25) is 0 Å². The number of halogens is 1. The molecule has 120 valence electrons. The number of H-pyrrole nitrogens is 1. The quantitative estimate of drug-likeness (QED) is 0.638. The number of carbonyl (C=O) groups is 1. The van der Waals surface area contributed by atoms with Crippen molar-refractivity contribution in [3.8, 4) is 0 Å². The van der Waals surface area contributed by atoms with Crippen molar-refractivity contribution in [1.82, 2.24) is 10.3 Å². The van der Waals surface area contributed by atoms with E-state index in [-0.39, 0.29) is 17.5 Å². The summed E-state index contributed by atoms with van der Waals surface area (Å²) in [6, 6.07) is 14.1. The summed E-state index contributed by atoms with van der Waals surface area (Å²) < 4.78 is 0. The molecule has 4 rings (SSSR count). The smallest absolute Gasteiger partial charge is 0.253 e. The molecule has 0 aliphatic carbocycles. The maximum absolute atomic E-state index is 12.5. The van der Waals surface area contributed by atoms with Gasteiger partial charge in [-0.25, -0.2) is 0 Å². The van der Waals surface area contributed by atoms with Crippen molar-refractivity contribution in [2.45, 2.75) is 6.04 Å². The van der Waals surface area contributed by atoms with E-state index in [1.807, 2.05) is 24.3 Å². The average molecular weight is 340 g/mol. The molecule has 3 aromatic rings. The van der Waals surface area contributed by atoms with Crippen molar-refractivity contribution in [1.29, 1.82) is 0 Å². The Morgan fingerprint density at radius 3 is 2.75 bits per heavy atom. The van der Waals surface area contributed by atoms with Crippen molar-refractivity contribution in [2.75, 3.05) is 11.9 Å². The van der Waals surface area contributed by atoms with Crippen LogP contribution < -0.4 is 16.2 Å². The second-order valence-corrected chi connectivity index (χ2v) is 6.17. The minimum absolute atomic E-state index is 0.152. The fraction of sp³-hybridized carbons (Fsp3) is 0.111. The molecule has 0 saturated carbocycles. The van der Waals surface area contributed by atoms with Gasteiger partial charge in [-0.3, -0.25) is 9.59 Å². The van der Waals surface area contributed by atoms with Crippen molar-refractivity contribution < 1.29 is 4.79 Å². The van der Waals surface area contributed by atoms with Crippen LogP contribution in [-0.4, -0.2) is 17.4 Å². The molecule has 0 radical (unpaired) electrons. The maximum Gasteiger partial charge on any atom is 0.253 e. The molecule has 3 N–H and O–H groups in total. The Bertz CT molecular complexity index is 1010. The molecule has 5 nitrogen and oxygen atoms in total. The summed E-state index contributed by atoms with van der Waals surface area (Å²) in [5, 5.41) is 7.60. The van der Waals surface area contributed by atoms with Gasteiger partial charge in [0, 0.05) is 33.7 Å². The van der Waals surface area contributed by atoms with Crippen molar-refractivity contribution in [3.05, 3.63) is 75.0 Å². The Labute approximate surface area is 142 Å². The molecule has 6 heteroatoms. The largest absolute Gasteiger partial charge is 0.376 e. The number of carbonyl (C=O) groups excluding carboxylic acids is 1. The molecule has 1 unspecified atom stereocenters. The van der Waals surface area contributed by atoms with Crippen LogP contribution in [-0.2, 0) is 0 Å². The predicted octanol–water partition coefficient (Wildman–Crippen LogP) is 3.08. The van der Waals surface area contributed by atoms with E-state index in [1.54, 1.807) is 24.3 Å².